The lowest BCUT2D eigenvalue weighted by Crippen LogP contribution is -2.51. The van der Waals surface area contributed by atoms with Gasteiger partial charge in [-0.15, -0.1) is 0 Å². The molecule has 1 aromatic carbocycles. The molecular formula is C21H28O5S. The minimum Gasteiger partial charge on any atom is -0.460 e. The third kappa shape index (κ3) is 4.27. The van der Waals surface area contributed by atoms with E-state index < -0.39 is 26.7 Å². The van der Waals surface area contributed by atoms with Crippen LogP contribution in [0.15, 0.2) is 46.9 Å². The average molecular weight is 393 g/mol. The molecule has 2 bridgehead atoms. The van der Waals surface area contributed by atoms with Crippen LogP contribution in [0.4, 0.5) is 0 Å². The van der Waals surface area contributed by atoms with Crippen LogP contribution < -0.4 is 0 Å². The van der Waals surface area contributed by atoms with Gasteiger partial charge in [0.05, 0.1) is 11.0 Å². The highest BCUT2D eigenvalue weighted by atomic mass is 32.2. The van der Waals surface area contributed by atoms with Gasteiger partial charge < -0.3 is 9.84 Å². The minimum absolute atomic E-state index is 0.0575. The van der Waals surface area contributed by atoms with Gasteiger partial charge in [0.1, 0.15) is 6.61 Å². The Balaban J connectivity index is 2.03. The Labute approximate surface area is 161 Å². The summed E-state index contributed by atoms with van der Waals surface area (Å²) in [7, 11) is -3.92. The molecule has 0 radical (unpaired) electrons. The summed E-state index contributed by atoms with van der Waals surface area (Å²) < 4.78 is 30.7. The molecule has 2 atom stereocenters. The number of benzene rings is 1. The summed E-state index contributed by atoms with van der Waals surface area (Å²) in [5.41, 5.74) is 0.695. The van der Waals surface area contributed by atoms with Gasteiger partial charge in [-0.2, -0.15) is 0 Å². The lowest BCUT2D eigenvalue weighted by molar-refractivity contribution is -0.148. The van der Waals surface area contributed by atoms with Gasteiger partial charge in [0, 0.05) is 6.42 Å². The van der Waals surface area contributed by atoms with E-state index in [0.717, 1.165) is 32.1 Å². The van der Waals surface area contributed by atoms with E-state index in [0.29, 0.717) is 18.4 Å². The zero-order chi connectivity index (χ0) is 19.3. The topological polar surface area (TPSA) is 80.7 Å². The van der Waals surface area contributed by atoms with Crippen molar-refractivity contribution < 1.29 is 23.1 Å². The van der Waals surface area contributed by atoms with Crippen molar-refractivity contribution in [2.45, 2.75) is 73.5 Å². The molecule has 0 aromatic heterocycles. The molecule has 1 aliphatic carbocycles. The van der Waals surface area contributed by atoms with Crippen molar-refractivity contribution in [2.75, 3.05) is 6.61 Å². The molecule has 6 heteroatoms. The molecule has 0 spiro atoms. The zero-order valence-corrected chi connectivity index (χ0v) is 16.4. The maximum Gasteiger partial charge on any atom is 0.328 e. The SMILES string of the molecule is O=C1OCC2=CC(O)CCCCCCCCC1(S(=O)(=O)c1ccccc1)C2. The van der Waals surface area contributed by atoms with Crippen LogP contribution in [0, 0.1) is 0 Å². The van der Waals surface area contributed by atoms with E-state index >= 15 is 0 Å². The number of hydrogen-bond donors (Lipinski definition) is 1. The molecule has 2 aliphatic rings. The van der Waals surface area contributed by atoms with E-state index in [1.54, 1.807) is 24.3 Å². The van der Waals surface area contributed by atoms with Crippen LogP contribution in [0.25, 0.3) is 0 Å². The number of aliphatic hydroxyl groups excluding tert-OH is 1. The van der Waals surface area contributed by atoms with Gasteiger partial charge >= 0.3 is 5.97 Å². The number of hydrogen-bond acceptors (Lipinski definition) is 5. The Morgan fingerprint density at radius 2 is 1.67 bits per heavy atom. The molecule has 27 heavy (non-hydrogen) atoms. The summed E-state index contributed by atoms with van der Waals surface area (Å²) in [5.74, 6) is -0.659. The summed E-state index contributed by atoms with van der Waals surface area (Å²) in [6, 6.07) is 8.15. The summed E-state index contributed by atoms with van der Waals surface area (Å²) in [6.07, 6.45) is 7.68. The number of cyclic esters (lactones) is 1. The number of esters is 1. The number of rotatable bonds is 2. The van der Waals surface area contributed by atoms with Crippen molar-refractivity contribution in [1.82, 2.24) is 0 Å². The zero-order valence-electron chi connectivity index (χ0n) is 15.6. The van der Waals surface area contributed by atoms with E-state index in [4.69, 9.17) is 4.74 Å². The first-order valence-electron chi connectivity index (χ1n) is 9.80. The number of carbonyl (C=O) groups is 1. The average Bonchev–Trinajstić information content (AvgIpc) is 2.67. The van der Waals surface area contributed by atoms with E-state index in [-0.39, 0.29) is 24.3 Å². The quantitative estimate of drug-likeness (QED) is 0.615. The first kappa shape index (κ1) is 20.1. The Morgan fingerprint density at radius 1 is 1.00 bits per heavy atom. The Morgan fingerprint density at radius 3 is 2.41 bits per heavy atom. The number of fused-ring (bicyclic) bond motifs is 2. The van der Waals surface area contributed by atoms with Crippen LogP contribution in [0.3, 0.4) is 0 Å². The van der Waals surface area contributed by atoms with Gasteiger partial charge in [-0.1, -0.05) is 62.8 Å². The van der Waals surface area contributed by atoms with E-state index in [2.05, 4.69) is 0 Å². The molecule has 0 saturated carbocycles. The Hall–Kier alpha value is -1.66. The van der Waals surface area contributed by atoms with Crippen molar-refractivity contribution in [3.8, 4) is 0 Å². The molecular weight excluding hydrogens is 364 g/mol. The Kier molecular flexibility index (Phi) is 6.37. The van der Waals surface area contributed by atoms with Gasteiger partial charge in [0.2, 0.25) is 0 Å². The van der Waals surface area contributed by atoms with Crippen LogP contribution in [0.2, 0.25) is 0 Å². The summed E-state index contributed by atoms with van der Waals surface area (Å²) in [5, 5.41) is 10.3. The van der Waals surface area contributed by atoms with E-state index in [1.165, 1.54) is 12.1 Å². The van der Waals surface area contributed by atoms with Crippen LogP contribution in [0.1, 0.15) is 57.8 Å². The highest BCUT2D eigenvalue weighted by Gasteiger charge is 2.54. The Bertz CT molecular complexity index is 784. The number of carbonyl (C=O) groups excluding carboxylic acids is 1. The van der Waals surface area contributed by atoms with Crippen molar-refractivity contribution in [3.63, 3.8) is 0 Å². The first-order valence-corrected chi connectivity index (χ1v) is 11.3. The fourth-order valence-electron chi connectivity index (χ4n) is 4.07. The molecule has 5 nitrogen and oxygen atoms in total. The maximum atomic E-state index is 13.5. The molecule has 0 amide bonds. The number of ether oxygens (including phenoxy) is 1. The van der Waals surface area contributed by atoms with Crippen molar-refractivity contribution in [3.05, 3.63) is 42.0 Å². The molecule has 1 aliphatic heterocycles. The standard InChI is InChI=1S/C21H28O5S/c22-18-10-6-3-1-2-4-9-13-21(15-17(14-18)16-26-20(21)23)27(24,25)19-11-7-5-8-12-19/h5,7-8,11-12,14,18,22H,1-4,6,9-10,13,15-16H2. The summed E-state index contributed by atoms with van der Waals surface area (Å²) in [4.78, 5) is 13.0. The normalized spacial score (nSPS) is 28.1. The fraction of sp³-hybridized carbons (Fsp3) is 0.571. The monoisotopic (exact) mass is 392 g/mol. The van der Waals surface area contributed by atoms with Crippen molar-refractivity contribution in [2.24, 2.45) is 0 Å². The third-order valence-corrected chi connectivity index (χ3v) is 8.04. The molecule has 1 aromatic rings. The summed E-state index contributed by atoms with van der Waals surface area (Å²) in [6.45, 7) is 0.0575. The van der Waals surface area contributed by atoms with Crippen molar-refractivity contribution >= 4 is 15.8 Å². The second-order valence-electron chi connectivity index (χ2n) is 7.62. The largest absolute Gasteiger partial charge is 0.460 e. The van der Waals surface area contributed by atoms with Gasteiger partial charge in [-0.05, 0) is 30.5 Å². The van der Waals surface area contributed by atoms with Crippen LogP contribution in [0.5, 0.6) is 0 Å². The maximum absolute atomic E-state index is 13.5. The number of aliphatic hydroxyl groups is 1. The van der Waals surface area contributed by atoms with Crippen LogP contribution in [-0.4, -0.2) is 37.0 Å². The number of sulfone groups is 1. The van der Waals surface area contributed by atoms with E-state index in [1.807, 2.05) is 0 Å². The second-order valence-corrected chi connectivity index (χ2v) is 9.88. The predicted molar refractivity (Wildman–Crippen MR) is 103 cm³/mol. The van der Waals surface area contributed by atoms with E-state index in [9.17, 15) is 18.3 Å². The van der Waals surface area contributed by atoms with Crippen LogP contribution >= 0.6 is 0 Å². The second kappa shape index (κ2) is 8.57. The lowest BCUT2D eigenvalue weighted by atomic mass is 9.90. The predicted octanol–water partition coefficient (Wildman–Crippen LogP) is 3.57. The highest BCUT2D eigenvalue weighted by molar-refractivity contribution is 7.93. The third-order valence-electron chi connectivity index (χ3n) is 5.60. The smallest absolute Gasteiger partial charge is 0.328 e. The molecule has 1 heterocycles. The minimum atomic E-state index is -3.92. The highest BCUT2D eigenvalue weighted by Crippen LogP contribution is 2.40. The van der Waals surface area contributed by atoms with Gasteiger partial charge in [0.25, 0.3) is 0 Å². The fourth-order valence-corrected chi connectivity index (χ4v) is 6.10. The molecule has 3 rings (SSSR count). The van der Waals surface area contributed by atoms with Crippen molar-refractivity contribution in [1.29, 1.82) is 0 Å². The lowest BCUT2D eigenvalue weighted by Gasteiger charge is -2.36. The molecule has 1 fully saturated rings. The molecule has 148 valence electrons. The molecule has 1 N–H and O–H groups in total. The molecule has 1 saturated heterocycles. The van der Waals surface area contributed by atoms with Crippen LogP contribution in [-0.2, 0) is 19.4 Å². The molecule has 2 unspecified atom stereocenters. The van der Waals surface area contributed by atoms with Gasteiger partial charge in [0.15, 0.2) is 14.6 Å². The van der Waals surface area contributed by atoms with Gasteiger partial charge in [-0.3, -0.25) is 4.79 Å². The van der Waals surface area contributed by atoms with Gasteiger partial charge in [-0.25, -0.2) is 8.42 Å². The first-order chi connectivity index (χ1) is 13.0. The summed E-state index contributed by atoms with van der Waals surface area (Å²) >= 11 is 0.